The summed E-state index contributed by atoms with van der Waals surface area (Å²) in [5, 5.41) is 5.99. The van der Waals surface area contributed by atoms with Crippen LogP contribution >= 0.6 is 0 Å². The van der Waals surface area contributed by atoms with Crippen molar-refractivity contribution in [3.63, 3.8) is 0 Å². The molecule has 3 rings (SSSR count). The molecular weight excluding hydrogens is 346 g/mol. The molecule has 0 unspecified atom stereocenters. The third-order valence-corrected chi connectivity index (χ3v) is 5.05. The first-order valence-electron chi connectivity index (χ1n) is 9.34. The Morgan fingerprint density at radius 3 is 2.78 bits per heavy atom. The number of carbonyl (C=O) groups excluding carboxylic acids is 3. The smallest absolute Gasteiger partial charge is 0.321 e. The molecule has 27 heavy (non-hydrogen) atoms. The average molecular weight is 371 g/mol. The van der Waals surface area contributed by atoms with Gasteiger partial charge in [0, 0.05) is 23.1 Å². The van der Waals surface area contributed by atoms with Crippen molar-refractivity contribution in [1.82, 2.24) is 15.6 Å². The maximum atomic E-state index is 12.0. The number of imide groups is 1. The Kier molecular flexibility index (Phi) is 6.11. The molecule has 0 bridgehead atoms. The van der Waals surface area contributed by atoms with Gasteiger partial charge in [-0.15, -0.1) is 0 Å². The Morgan fingerprint density at radius 1 is 1.19 bits per heavy atom. The highest BCUT2D eigenvalue weighted by atomic mass is 16.5. The number of nitrogens with one attached hydrogen (secondary N) is 3. The second-order valence-corrected chi connectivity index (χ2v) is 7.09. The number of ether oxygens (including phenoxy) is 1. The lowest BCUT2D eigenvalue weighted by atomic mass is 9.86. The number of amides is 3. The van der Waals surface area contributed by atoms with Gasteiger partial charge in [0.25, 0.3) is 5.91 Å². The number of urea groups is 1. The first-order valence-corrected chi connectivity index (χ1v) is 9.34. The molecule has 1 aliphatic rings. The van der Waals surface area contributed by atoms with E-state index < -0.39 is 24.5 Å². The van der Waals surface area contributed by atoms with Gasteiger partial charge in [0.15, 0.2) is 6.61 Å². The number of aromatic amines is 1. The predicted octanol–water partition coefficient (Wildman–Crippen LogP) is 2.66. The molecule has 2 atom stereocenters. The fraction of sp³-hybridized carbons (Fsp3) is 0.450. The van der Waals surface area contributed by atoms with Crippen molar-refractivity contribution in [3.8, 4) is 0 Å². The Balaban J connectivity index is 1.42. The summed E-state index contributed by atoms with van der Waals surface area (Å²) in [5.41, 5.74) is 1.74. The van der Waals surface area contributed by atoms with Gasteiger partial charge in [-0.1, -0.05) is 38.0 Å². The molecule has 0 saturated heterocycles. The second-order valence-electron chi connectivity index (χ2n) is 7.09. The van der Waals surface area contributed by atoms with Crippen molar-refractivity contribution in [2.24, 2.45) is 5.92 Å². The minimum Gasteiger partial charge on any atom is -0.455 e. The zero-order valence-corrected chi connectivity index (χ0v) is 15.4. The monoisotopic (exact) mass is 371 g/mol. The SMILES string of the molecule is C[C@H]1CCCC[C@@H]1NC(=O)NC(=O)COC(=O)Cc1c[nH]c2ccccc12. The lowest BCUT2D eigenvalue weighted by Crippen LogP contribution is -2.48. The number of hydrogen-bond acceptors (Lipinski definition) is 4. The molecule has 7 nitrogen and oxygen atoms in total. The highest BCUT2D eigenvalue weighted by Gasteiger charge is 2.23. The van der Waals surface area contributed by atoms with Gasteiger partial charge in [0.1, 0.15) is 0 Å². The van der Waals surface area contributed by atoms with Crippen LogP contribution in [0.1, 0.15) is 38.2 Å². The minimum atomic E-state index is -0.636. The van der Waals surface area contributed by atoms with Crippen LogP contribution in [0.2, 0.25) is 0 Å². The van der Waals surface area contributed by atoms with E-state index in [0.717, 1.165) is 35.7 Å². The topological polar surface area (TPSA) is 100 Å². The lowest BCUT2D eigenvalue weighted by Gasteiger charge is -2.29. The van der Waals surface area contributed by atoms with Crippen LogP contribution in [0, 0.1) is 5.92 Å². The lowest BCUT2D eigenvalue weighted by molar-refractivity contribution is -0.147. The van der Waals surface area contributed by atoms with Crippen LogP contribution < -0.4 is 10.6 Å². The normalized spacial score (nSPS) is 19.4. The van der Waals surface area contributed by atoms with Gasteiger partial charge in [0.05, 0.1) is 6.42 Å². The molecule has 1 heterocycles. The van der Waals surface area contributed by atoms with Gasteiger partial charge in [-0.05, 0) is 30.4 Å². The fourth-order valence-corrected chi connectivity index (χ4v) is 3.53. The van der Waals surface area contributed by atoms with Crippen molar-refractivity contribution in [3.05, 3.63) is 36.0 Å². The van der Waals surface area contributed by atoms with Gasteiger partial charge in [-0.2, -0.15) is 0 Å². The highest BCUT2D eigenvalue weighted by molar-refractivity contribution is 5.96. The number of H-pyrrole nitrogens is 1. The van der Waals surface area contributed by atoms with Crippen molar-refractivity contribution < 1.29 is 19.1 Å². The largest absolute Gasteiger partial charge is 0.455 e. The summed E-state index contributed by atoms with van der Waals surface area (Å²) in [4.78, 5) is 38.8. The fourth-order valence-electron chi connectivity index (χ4n) is 3.53. The van der Waals surface area contributed by atoms with Crippen molar-refractivity contribution in [2.45, 2.75) is 45.1 Å². The summed E-state index contributed by atoms with van der Waals surface area (Å²) in [5.74, 6) is -0.756. The first-order chi connectivity index (χ1) is 13.0. The first kappa shape index (κ1) is 18.9. The molecule has 2 aromatic rings. The van der Waals surface area contributed by atoms with E-state index in [-0.39, 0.29) is 12.5 Å². The quantitative estimate of drug-likeness (QED) is 0.704. The molecule has 1 saturated carbocycles. The molecular formula is C20H25N3O4. The number of para-hydroxylation sites is 1. The van der Waals surface area contributed by atoms with E-state index in [9.17, 15) is 14.4 Å². The van der Waals surface area contributed by atoms with Crippen molar-refractivity contribution >= 4 is 28.8 Å². The Hall–Kier alpha value is -2.83. The number of hydrogen-bond donors (Lipinski definition) is 3. The van der Waals surface area contributed by atoms with Crippen LogP contribution in [0.4, 0.5) is 4.79 Å². The maximum Gasteiger partial charge on any atom is 0.321 e. The number of benzene rings is 1. The molecule has 0 radical (unpaired) electrons. The molecule has 144 valence electrons. The number of esters is 1. The van der Waals surface area contributed by atoms with Crippen LogP contribution in [0.3, 0.4) is 0 Å². The Labute approximate surface area is 157 Å². The van der Waals surface area contributed by atoms with Crippen LogP contribution in [0.5, 0.6) is 0 Å². The third-order valence-electron chi connectivity index (χ3n) is 5.05. The average Bonchev–Trinajstić information content (AvgIpc) is 3.05. The van der Waals surface area contributed by atoms with E-state index in [1.807, 2.05) is 24.3 Å². The van der Waals surface area contributed by atoms with Crippen LogP contribution in [0.25, 0.3) is 10.9 Å². The molecule has 1 aromatic carbocycles. The van der Waals surface area contributed by atoms with Crippen LogP contribution in [-0.2, 0) is 20.7 Å². The van der Waals surface area contributed by atoms with E-state index >= 15 is 0 Å². The molecule has 7 heteroatoms. The highest BCUT2D eigenvalue weighted by Crippen LogP contribution is 2.23. The number of carbonyl (C=O) groups is 3. The second kappa shape index (κ2) is 8.70. The zero-order valence-electron chi connectivity index (χ0n) is 15.4. The van der Waals surface area contributed by atoms with E-state index in [1.54, 1.807) is 6.20 Å². The summed E-state index contributed by atoms with van der Waals surface area (Å²) in [6, 6.07) is 7.18. The van der Waals surface area contributed by atoms with E-state index in [1.165, 1.54) is 6.42 Å². The Morgan fingerprint density at radius 2 is 1.96 bits per heavy atom. The van der Waals surface area contributed by atoms with Crippen molar-refractivity contribution in [1.29, 1.82) is 0 Å². The maximum absolute atomic E-state index is 12.0. The molecule has 0 spiro atoms. The Bertz CT molecular complexity index is 829. The molecule has 3 N–H and O–H groups in total. The van der Waals surface area contributed by atoms with Gasteiger partial charge >= 0.3 is 12.0 Å². The number of aromatic nitrogens is 1. The molecule has 3 amide bonds. The van der Waals surface area contributed by atoms with Crippen LogP contribution in [-0.4, -0.2) is 35.5 Å². The summed E-state index contributed by atoms with van der Waals surface area (Å²) >= 11 is 0. The van der Waals surface area contributed by atoms with Crippen molar-refractivity contribution in [2.75, 3.05) is 6.61 Å². The minimum absolute atomic E-state index is 0.0586. The van der Waals surface area contributed by atoms with E-state index in [4.69, 9.17) is 4.74 Å². The molecule has 1 aliphatic carbocycles. The van der Waals surface area contributed by atoms with Gasteiger partial charge in [-0.3, -0.25) is 14.9 Å². The van der Waals surface area contributed by atoms with Gasteiger partial charge in [-0.25, -0.2) is 4.79 Å². The van der Waals surface area contributed by atoms with Crippen LogP contribution in [0.15, 0.2) is 30.5 Å². The van der Waals surface area contributed by atoms with E-state index in [0.29, 0.717) is 5.92 Å². The van der Waals surface area contributed by atoms with Gasteiger partial charge < -0.3 is 15.0 Å². The molecule has 1 fully saturated rings. The summed E-state index contributed by atoms with van der Waals surface area (Å²) in [7, 11) is 0. The predicted molar refractivity (Wildman–Crippen MR) is 101 cm³/mol. The molecule has 0 aliphatic heterocycles. The number of fused-ring (bicyclic) bond motifs is 1. The standard InChI is InChI=1S/C20H25N3O4/c1-13-6-2-4-8-16(13)22-20(26)23-18(24)12-27-19(25)10-14-11-21-17-9-5-3-7-15(14)17/h3,5,7,9,11,13,16,21H,2,4,6,8,10,12H2,1H3,(H2,22,23,24,26)/t13-,16-/m0/s1. The van der Waals surface area contributed by atoms with Gasteiger partial charge in [0.2, 0.25) is 0 Å². The third kappa shape index (κ3) is 5.09. The zero-order chi connectivity index (χ0) is 19.2. The summed E-state index contributed by atoms with van der Waals surface area (Å²) in [6.45, 7) is 1.62. The summed E-state index contributed by atoms with van der Waals surface area (Å²) in [6.07, 6.45) is 6.06. The number of rotatable bonds is 5. The van der Waals surface area contributed by atoms with E-state index in [2.05, 4.69) is 22.5 Å². The summed E-state index contributed by atoms with van der Waals surface area (Å²) < 4.78 is 4.99. The molecule has 1 aromatic heterocycles.